The molecule has 0 fully saturated rings. The predicted octanol–water partition coefficient (Wildman–Crippen LogP) is 3.65. The van der Waals surface area contributed by atoms with Crippen LogP contribution in [-0.4, -0.2) is 19.8 Å². The number of para-hydroxylation sites is 1. The van der Waals surface area contributed by atoms with Gasteiger partial charge in [-0.25, -0.2) is 0 Å². The Balaban J connectivity index is 2.55. The van der Waals surface area contributed by atoms with Crippen molar-refractivity contribution in [3.8, 4) is 0 Å². The van der Waals surface area contributed by atoms with E-state index in [0.717, 1.165) is 39.0 Å². The average molecular weight is 235 g/mol. The van der Waals surface area contributed by atoms with Crippen LogP contribution in [0.3, 0.4) is 0 Å². The topological polar surface area (TPSA) is 21.3 Å². The largest absolute Gasteiger partial charge is 0.382 e. The van der Waals surface area contributed by atoms with E-state index in [1.165, 1.54) is 16.8 Å². The smallest absolute Gasteiger partial charge is 0.0639 e. The number of rotatable bonds is 8. The van der Waals surface area contributed by atoms with Crippen LogP contribution in [0.1, 0.15) is 38.3 Å². The minimum absolute atomic E-state index is 0.787. The van der Waals surface area contributed by atoms with Gasteiger partial charge in [0.05, 0.1) is 6.61 Å². The van der Waals surface area contributed by atoms with Crippen molar-refractivity contribution in [2.24, 2.45) is 0 Å². The highest BCUT2D eigenvalue weighted by atomic mass is 16.5. The highest BCUT2D eigenvalue weighted by Crippen LogP contribution is 2.22. The van der Waals surface area contributed by atoms with E-state index in [2.05, 4.69) is 44.3 Å². The van der Waals surface area contributed by atoms with Gasteiger partial charge in [0.15, 0.2) is 0 Å². The highest BCUT2D eigenvalue weighted by molar-refractivity contribution is 5.57. The van der Waals surface area contributed by atoms with Crippen LogP contribution in [0.15, 0.2) is 18.2 Å². The summed E-state index contributed by atoms with van der Waals surface area (Å²) in [5.74, 6) is 0. The van der Waals surface area contributed by atoms with Gasteiger partial charge in [-0.2, -0.15) is 0 Å². The van der Waals surface area contributed by atoms with Gasteiger partial charge >= 0.3 is 0 Å². The number of nitrogens with one attached hydrogen (secondary N) is 1. The maximum Gasteiger partial charge on any atom is 0.0639 e. The lowest BCUT2D eigenvalue weighted by molar-refractivity contribution is 0.144. The lowest BCUT2D eigenvalue weighted by Crippen LogP contribution is -2.12. The minimum atomic E-state index is 0.787. The number of anilines is 1. The second kappa shape index (κ2) is 8.13. The molecule has 17 heavy (non-hydrogen) atoms. The molecule has 1 N–H and O–H groups in total. The van der Waals surface area contributed by atoms with E-state index in [0.29, 0.717) is 0 Å². The molecular weight excluding hydrogens is 210 g/mol. The summed E-state index contributed by atoms with van der Waals surface area (Å²) in [6.07, 6.45) is 3.24. The molecule has 0 saturated heterocycles. The van der Waals surface area contributed by atoms with Crippen LogP contribution in [-0.2, 0) is 17.6 Å². The highest BCUT2D eigenvalue weighted by Gasteiger charge is 2.04. The van der Waals surface area contributed by atoms with E-state index in [9.17, 15) is 0 Å². The van der Waals surface area contributed by atoms with Crippen LogP contribution in [0.5, 0.6) is 0 Å². The number of hydrogen-bond donors (Lipinski definition) is 1. The fourth-order valence-electron chi connectivity index (χ4n) is 1.96. The second-order valence-corrected chi connectivity index (χ2v) is 4.20. The van der Waals surface area contributed by atoms with Crippen molar-refractivity contribution in [2.45, 2.75) is 40.0 Å². The second-order valence-electron chi connectivity index (χ2n) is 4.20. The SMILES string of the molecule is CCCOCCNc1c(CC)cccc1CC. The molecule has 0 bridgehead atoms. The lowest BCUT2D eigenvalue weighted by Gasteiger charge is -2.15. The van der Waals surface area contributed by atoms with Crippen LogP contribution in [0.25, 0.3) is 0 Å². The number of aryl methyl sites for hydroxylation is 2. The Hall–Kier alpha value is -1.02. The summed E-state index contributed by atoms with van der Waals surface area (Å²) in [7, 11) is 0. The Labute approximate surface area is 105 Å². The van der Waals surface area contributed by atoms with Crippen molar-refractivity contribution >= 4 is 5.69 Å². The molecule has 0 spiro atoms. The quantitative estimate of drug-likeness (QED) is 0.694. The summed E-state index contributed by atoms with van der Waals surface area (Å²) in [6.45, 7) is 9.08. The molecule has 0 aliphatic heterocycles. The van der Waals surface area contributed by atoms with Gasteiger partial charge in [0.2, 0.25) is 0 Å². The molecule has 0 radical (unpaired) electrons. The fraction of sp³-hybridized carbons (Fsp3) is 0.600. The molecule has 0 atom stereocenters. The average Bonchev–Trinajstić information content (AvgIpc) is 2.38. The molecule has 0 aliphatic rings. The zero-order chi connectivity index (χ0) is 12.5. The molecule has 2 heteroatoms. The molecule has 0 heterocycles. The van der Waals surface area contributed by atoms with Gasteiger partial charge < -0.3 is 10.1 Å². The van der Waals surface area contributed by atoms with Crippen LogP contribution in [0, 0.1) is 0 Å². The van der Waals surface area contributed by atoms with Crippen LogP contribution in [0.4, 0.5) is 5.69 Å². The number of benzene rings is 1. The minimum Gasteiger partial charge on any atom is -0.382 e. The summed E-state index contributed by atoms with van der Waals surface area (Å²) >= 11 is 0. The van der Waals surface area contributed by atoms with Crippen LogP contribution < -0.4 is 5.32 Å². The maximum atomic E-state index is 5.49. The van der Waals surface area contributed by atoms with Gasteiger partial charge in [-0.3, -0.25) is 0 Å². The van der Waals surface area contributed by atoms with Gasteiger partial charge in [-0.15, -0.1) is 0 Å². The summed E-state index contributed by atoms with van der Waals surface area (Å²) < 4.78 is 5.49. The van der Waals surface area contributed by atoms with Crippen molar-refractivity contribution in [1.29, 1.82) is 0 Å². The zero-order valence-electron chi connectivity index (χ0n) is 11.4. The van der Waals surface area contributed by atoms with Crippen LogP contribution >= 0.6 is 0 Å². The molecule has 1 rings (SSSR count). The number of ether oxygens (including phenoxy) is 1. The van der Waals surface area contributed by atoms with Crippen molar-refractivity contribution in [3.05, 3.63) is 29.3 Å². The third-order valence-corrected chi connectivity index (χ3v) is 2.90. The van der Waals surface area contributed by atoms with Crippen molar-refractivity contribution < 1.29 is 4.74 Å². The lowest BCUT2D eigenvalue weighted by atomic mass is 10.0. The zero-order valence-corrected chi connectivity index (χ0v) is 11.4. The van der Waals surface area contributed by atoms with Crippen molar-refractivity contribution in [2.75, 3.05) is 25.1 Å². The third-order valence-electron chi connectivity index (χ3n) is 2.90. The normalized spacial score (nSPS) is 10.5. The summed E-state index contributed by atoms with van der Waals surface area (Å²) in [4.78, 5) is 0. The van der Waals surface area contributed by atoms with Gasteiger partial charge in [0.25, 0.3) is 0 Å². The molecule has 0 aromatic heterocycles. The first-order valence-electron chi connectivity index (χ1n) is 6.75. The van der Waals surface area contributed by atoms with E-state index in [1.807, 2.05) is 0 Å². The molecule has 0 amide bonds. The van der Waals surface area contributed by atoms with E-state index in [-0.39, 0.29) is 0 Å². The Morgan fingerprint density at radius 2 is 1.65 bits per heavy atom. The Bertz CT molecular complexity index is 300. The molecule has 96 valence electrons. The molecule has 0 unspecified atom stereocenters. The monoisotopic (exact) mass is 235 g/mol. The van der Waals surface area contributed by atoms with Gasteiger partial charge in [0, 0.05) is 18.8 Å². The Morgan fingerprint density at radius 3 is 2.18 bits per heavy atom. The molecule has 2 nitrogen and oxygen atoms in total. The molecular formula is C15H25NO. The summed E-state index contributed by atoms with van der Waals surface area (Å²) in [6, 6.07) is 6.55. The van der Waals surface area contributed by atoms with E-state index in [4.69, 9.17) is 4.74 Å². The third kappa shape index (κ3) is 4.39. The summed E-state index contributed by atoms with van der Waals surface area (Å²) in [5.41, 5.74) is 4.12. The molecule has 0 saturated carbocycles. The van der Waals surface area contributed by atoms with Gasteiger partial charge in [-0.05, 0) is 30.4 Å². The first-order valence-corrected chi connectivity index (χ1v) is 6.75. The molecule has 0 aliphatic carbocycles. The summed E-state index contributed by atoms with van der Waals surface area (Å²) in [5, 5.41) is 3.52. The van der Waals surface area contributed by atoms with Gasteiger partial charge in [0.1, 0.15) is 0 Å². The maximum absolute atomic E-state index is 5.49. The fourth-order valence-corrected chi connectivity index (χ4v) is 1.96. The van der Waals surface area contributed by atoms with E-state index in [1.54, 1.807) is 0 Å². The first kappa shape index (κ1) is 14.0. The molecule has 1 aromatic rings. The van der Waals surface area contributed by atoms with Crippen molar-refractivity contribution in [3.63, 3.8) is 0 Å². The van der Waals surface area contributed by atoms with Crippen molar-refractivity contribution in [1.82, 2.24) is 0 Å². The molecule has 1 aromatic carbocycles. The Morgan fingerprint density at radius 1 is 1.00 bits per heavy atom. The first-order chi connectivity index (χ1) is 8.33. The van der Waals surface area contributed by atoms with E-state index >= 15 is 0 Å². The van der Waals surface area contributed by atoms with Crippen LogP contribution in [0.2, 0.25) is 0 Å². The predicted molar refractivity (Wildman–Crippen MR) is 74.8 cm³/mol. The van der Waals surface area contributed by atoms with E-state index < -0.39 is 0 Å². The van der Waals surface area contributed by atoms with Gasteiger partial charge in [-0.1, -0.05) is 39.0 Å². The standard InChI is InChI=1S/C15H25NO/c1-4-11-17-12-10-16-15-13(5-2)8-7-9-14(15)6-3/h7-9,16H,4-6,10-12H2,1-3H3. The number of hydrogen-bond acceptors (Lipinski definition) is 2. The Kier molecular flexibility index (Phi) is 6.71.